The number of hydrogen-bond acceptors (Lipinski definition) is 6. The molecule has 1 aliphatic rings. The van der Waals surface area contributed by atoms with E-state index in [4.69, 9.17) is 17.4 Å². The minimum absolute atomic E-state index is 0.354. The number of likely N-dealkylation sites (tertiary alicyclic amines) is 1. The lowest BCUT2D eigenvalue weighted by Crippen LogP contribution is -2.33. The average molecular weight is 434 g/mol. The zero-order valence-corrected chi connectivity index (χ0v) is 18.6. The molecule has 1 unspecified atom stereocenters. The zero-order chi connectivity index (χ0) is 21.6. The van der Waals surface area contributed by atoms with Crippen molar-refractivity contribution in [2.24, 2.45) is 0 Å². The average Bonchev–Trinajstić information content (AvgIpc) is 3.26. The van der Waals surface area contributed by atoms with Gasteiger partial charge in [0, 0.05) is 13.1 Å². The van der Waals surface area contributed by atoms with Crippen molar-refractivity contribution in [3.8, 4) is 23.2 Å². The monoisotopic (exact) mass is 433 g/mol. The van der Waals surface area contributed by atoms with E-state index < -0.39 is 0 Å². The number of benzene rings is 2. The Hall–Kier alpha value is -2.82. The van der Waals surface area contributed by atoms with Crippen LogP contribution in [0.4, 0.5) is 0 Å². The Morgan fingerprint density at radius 1 is 1.03 bits per heavy atom. The Morgan fingerprint density at radius 3 is 2.55 bits per heavy atom. The third-order valence-corrected chi connectivity index (χ3v) is 6.35. The topological polar surface area (TPSA) is 67.0 Å². The van der Waals surface area contributed by atoms with Crippen LogP contribution in [0.25, 0.3) is 11.4 Å². The maximum absolute atomic E-state index is 9.56. The van der Waals surface area contributed by atoms with Crippen LogP contribution in [-0.4, -0.2) is 46.4 Å². The molecule has 6 nitrogen and oxygen atoms in total. The van der Waals surface area contributed by atoms with Crippen molar-refractivity contribution < 1.29 is 4.74 Å². The number of nitriles is 1. The number of thiol groups is 1. The Bertz CT molecular complexity index is 1070. The highest BCUT2D eigenvalue weighted by Gasteiger charge is 2.24. The number of piperidine rings is 1. The molecule has 160 valence electrons. The number of aromatic nitrogens is 3. The Morgan fingerprint density at radius 2 is 1.77 bits per heavy atom. The number of methoxy groups -OCH3 is 1. The molecule has 1 aromatic heterocycles. The second kappa shape index (κ2) is 9.99. The van der Waals surface area contributed by atoms with E-state index in [2.05, 4.69) is 25.7 Å². The van der Waals surface area contributed by atoms with Crippen molar-refractivity contribution >= 4 is 12.6 Å². The molecule has 0 bridgehead atoms. The molecule has 0 spiro atoms. The number of ether oxygens (including phenoxy) is 1. The first-order chi connectivity index (χ1) is 15.2. The van der Waals surface area contributed by atoms with Crippen molar-refractivity contribution in [2.75, 3.05) is 26.7 Å². The first-order valence-corrected chi connectivity index (χ1v) is 11.2. The van der Waals surface area contributed by atoms with Gasteiger partial charge in [-0.1, -0.05) is 36.8 Å². The van der Waals surface area contributed by atoms with Gasteiger partial charge in [-0.25, -0.2) is 0 Å². The fourth-order valence-corrected chi connectivity index (χ4v) is 4.58. The summed E-state index contributed by atoms with van der Waals surface area (Å²) in [4.78, 5) is 2.50. The van der Waals surface area contributed by atoms with Gasteiger partial charge in [-0.15, -0.1) is 10.2 Å². The molecule has 2 heterocycles. The highest BCUT2D eigenvalue weighted by molar-refractivity contribution is 7.80. The Balaban J connectivity index is 1.74. The summed E-state index contributed by atoms with van der Waals surface area (Å²) in [6, 6.07) is 17.7. The molecule has 0 amide bonds. The molecule has 1 saturated heterocycles. The lowest BCUT2D eigenvalue weighted by Gasteiger charge is -2.27. The van der Waals surface area contributed by atoms with Gasteiger partial charge >= 0.3 is 0 Å². The van der Waals surface area contributed by atoms with Gasteiger partial charge in [0.15, 0.2) is 11.6 Å². The lowest BCUT2D eigenvalue weighted by molar-refractivity contribution is 0.220. The third kappa shape index (κ3) is 4.60. The normalized spacial score (nSPS) is 15.4. The van der Waals surface area contributed by atoms with Gasteiger partial charge in [-0.3, -0.25) is 0 Å². The summed E-state index contributed by atoms with van der Waals surface area (Å²) in [7, 11) is 1.67. The van der Waals surface area contributed by atoms with Gasteiger partial charge < -0.3 is 14.2 Å². The molecular formula is C24H27N5OS. The van der Waals surface area contributed by atoms with E-state index in [0.29, 0.717) is 5.56 Å². The molecule has 7 heteroatoms. The number of hydrogen-bond donors (Lipinski definition) is 1. The van der Waals surface area contributed by atoms with E-state index in [9.17, 15) is 5.26 Å². The molecular weight excluding hydrogens is 406 g/mol. The minimum Gasteiger partial charge on any atom is -0.496 e. The predicted molar refractivity (Wildman–Crippen MR) is 124 cm³/mol. The predicted octanol–water partition coefficient (Wildman–Crippen LogP) is 4.33. The standard InChI is InChI=1S/C24H27N5OS/c1-30-21-12-6-5-11-20(21)23-26-27-24(22(31)19-10-4-3-9-18(19)17-25)29(23)16-15-28-13-7-2-8-14-28/h3-6,9-12,22,31H,2,7-8,13-16H2,1H3. The van der Waals surface area contributed by atoms with Crippen LogP contribution in [0.5, 0.6) is 5.75 Å². The van der Waals surface area contributed by atoms with Crippen molar-refractivity contribution in [1.82, 2.24) is 19.7 Å². The first kappa shape index (κ1) is 21.4. The summed E-state index contributed by atoms with van der Waals surface area (Å²) in [5.74, 6) is 2.26. The van der Waals surface area contributed by atoms with Crippen LogP contribution in [0.3, 0.4) is 0 Å². The summed E-state index contributed by atoms with van der Waals surface area (Å²) in [6.45, 7) is 3.93. The SMILES string of the molecule is COc1ccccc1-c1nnc(C(S)c2ccccc2C#N)n1CCN1CCCCC1. The third-order valence-electron chi connectivity index (χ3n) is 5.84. The van der Waals surface area contributed by atoms with E-state index >= 15 is 0 Å². The molecule has 4 rings (SSSR count). The zero-order valence-electron chi connectivity index (χ0n) is 17.7. The second-order valence-corrected chi connectivity index (χ2v) is 8.25. The fraction of sp³-hybridized carbons (Fsp3) is 0.375. The smallest absolute Gasteiger partial charge is 0.167 e. The Kier molecular flexibility index (Phi) is 6.90. The highest BCUT2D eigenvalue weighted by Crippen LogP contribution is 2.34. The van der Waals surface area contributed by atoms with Gasteiger partial charge in [0.25, 0.3) is 0 Å². The molecule has 2 aromatic carbocycles. The summed E-state index contributed by atoms with van der Waals surface area (Å²) in [5.41, 5.74) is 2.34. The Labute approximate surface area is 188 Å². The lowest BCUT2D eigenvalue weighted by atomic mass is 10.0. The van der Waals surface area contributed by atoms with Crippen LogP contribution in [0.1, 0.15) is 41.5 Å². The van der Waals surface area contributed by atoms with Gasteiger partial charge in [-0.05, 0) is 49.7 Å². The molecule has 0 N–H and O–H groups in total. The molecule has 0 radical (unpaired) electrons. The molecule has 1 atom stereocenters. The maximum atomic E-state index is 9.56. The number of para-hydroxylation sites is 1. The maximum Gasteiger partial charge on any atom is 0.167 e. The van der Waals surface area contributed by atoms with E-state index in [1.165, 1.54) is 19.3 Å². The van der Waals surface area contributed by atoms with Crippen LogP contribution in [0.2, 0.25) is 0 Å². The minimum atomic E-state index is -0.354. The van der Waals surface area contributed by atoms with Crippen LogP contribution in [0, 0.1) is 11.3 Å². The number of nitrogens with zero attached hydrogens (tertiary/aromatic N) is 5. The molecule has 1 fully saturated rings. The van der Waals surface area contributed by atoms with Gasteiger partial charge in [-0.2, -0.15) is 17.9 Å². The summed E-state index contributed by atoms with van der Waals surface area (Å²) in [6.07, 6.45) is 3.81. The van der Waals surface area contributed by atoms with E-state index in [-0.39, 0.29) is 5.25 Å². The van der Waals surface area contributed by atoms with Crippen LogP contribution in [0.15, 0.2) is 48.5 Å². The van der Waals surface area contributed by atoms with Crippen molar-refractivity contribution in [1.29, 1.82) is 5.26 Å². The largest absolute Gasteiger partial charge is 0.496 e. The summed E-state index contributed by atoms with van der Waals surface area (Å²) >= 11 is 4.88. The number of rotatable bonds is 7. The second-order valence-electron chi connectivity index (χ2n) is 7.74. The van der Waals surface area contributed by atoms with Crippen LogP contribution < -0.4 is 4.74 Å². The van der Waals surface area contributed by atoms with Gasteiger partial charge in [0.2, 0.25) is 0 Å². The van der Waals surface area contributed by atoms with Gasteiger partial charge in [0.05, 0.1) is 29.6 Å². The quantitative estimate of drug-likeness (QED) is 0.562. The van der Waals surface area contributed by atoms with E-state index in [1.54, 1.807) is 7.11 Å². The molecule has 3 aromatic rings. The summed E-state index contributed by atoms with van der Waals surface area (Å²) in [5, 5.41) is 18.3. The van der Waals surface area contributed by atoms with E-state index in [1.807, 2.05) is 48.5 Å². The molecule has 1 aliphatic heterocycles. The first-order valence-electron chi connectivity index (χ1n) is 10.7. The van der Waals surface area contributed by atoms with E-state index in [0.717, 1.165) is 54.7 Å². The van der Waals surface area contributed by atoms with Crippen molar-refractivity contribution in [3.05, 3.63) is 65.5 Å². The van der Waals surface area contributed by atoms with Gasteiger partial charge in [0.1, 0.15) is 5.75 Å². The van der Waals surface area contributed by atoms with Crippen molar-refractivity contribution in [3.63, 3.8) is 0 Å². The molecule has 0 saturated carbocycles. The summed E-state index contributed by atoms with van der Waals surface area (Å²) < 4.78 is 7.72. The fourth-order valence-electron chi connectivity index (χ4n) is 4.17. The van der Waals surface area contributed by atoms with Crippen molar-refractivity contribution in [2.45, 2.75) is 31.1 Å². The van der Waals surface area contributed by atoms with Crippen LogP contribution in [-0.2, 0) is 6.54 Å². The highest BCUT2D eigenvalue weighted by atomic mass is 32.1. The van der Waals surface area contributed by atoms with Crippen LogP contribution >= 0.6 is 12.6 Å². The molecule has 0 aliphatic carbocycles. The molecule has 31 heavy (non-hydrogen) atoms.